The number of carboxylic acid groups (broad SMARTS) is 1. The predicted octanol–water partition coefficient (Wildman–Crippen LogP) is 2.60. The van der Waals surface area contributed by atoms with Crippen molar-refractivity contribution < 1.29 is 19.5 Å². The van der Waals surface area contributed by atoms with Gasteiger partial charge in [-0.25, -0.2) is 4.68 Å². The number of benzene rings is 2. The SMILES string of the molecule is Cc1c(N2C(=O)[C@H](CC(=O)O)SC2=NC(=O)c2ccccc2)c(=O)n(-c2ccccc2)n1C. The van der Waals surface area contributed by atoms with Crippen molar-refractivity contribution in [3.63, 3.8) is 0 Å². The minimum Gasteiger partial charge on any atom is -0.481 e. The average Bonchev–Trinajstić information content (AvgIpc) is 3.20. The van der Waals surface area contributed by atoms with E-state index in [2.05, 4.69) is 4.99 Å². The fourth-order valence-electron chi connectivity index (χ4n) is 3.58. The van der Waals surface area contributed by atoms with Crippen LogP contribution in [0.2, 0.25) is 0 Å². The number of hydrogen-bond acceptors (Lipinski definition) is 5. The molecule has 0 saturated carbocycles. The van der Waals surface area contributed by atoms with Gasteiger partial charge in [0.25, 0.3) is 11.5 Å². The zero-order valence-electron chi connectivity index (χ0n) is 17.8. The lowest BCUT2D eigenvalue weighted by molar-refractivity contribution is -0.138. The van der Waals surface area contributed by atoms with Crippen LogP contribution in [-0.4, -0.2) is 42.7 Å². The Morgan fingerprint density at radius 2 is 1.64 bits per heavy atom. The highest BCUT2D eigenvalue weighted by atomic mass is 32.2. The molecule has 0 radical (unpaired) electrons. The highest BCUT2D eigenvalue weighted by molar-refractivity contribution is 8.16. The first-order valence-corrected chi connectivity index (χ1v) is 10.9. The fourth-order valence-corrected chi connectivity index (χ4v) is 4.69. The second kappa shape index (κ2) is 8.91. The van der Waals surface area contributed by atoms with E-state index in [0.717, 1.165) is 16.7 Å². The van der Waals surface area contributed by atoms with Gasteiger partial charge in [-0.1, -0.05) is 48.2 Å². The molecule has 0 spiro atoms. The molecule has 2 amide bonds. The molecule has 1 aliphatic heterocycles. The van der Waals surface area contributed by atoms with Crippen LogP contribution in [0, 0.1) is 6.92 Å². The Bertz CT molecular complexity index is 1330. The maximum absolute atomic E-state index is 13.5. The molecule has 1 fully saturated rings. The second-order valence-corrected chi connectivity index (χ2v) is 8.52. The molecular formula is C23H20N4O5S. The molecule has 1 N–H and O–H groups in total. The van der Waals surface area contributed by atoms with E-state index in [4.69, 9.17) is 0 Å². The predicted molar refractivity (Wildman–Crippen MR) is 125 cm³/mol. The zero-order chi connectivity index (χ0) is 23.7. The first kappa shape index (κ1) is 22.3. The van der Waals surface area contributed by atoms with Gasteiger partial charge in [-0.2, -0.15) is 4.99 Å². The third-order valence-electron chi connectivity index (χ3n) is 5.26. The first-order valence-electron chi connectivity index (χ1n) is 10.0. The average molecular weight is 465 g/mol. The Morgan fingerprint density at radius 1 is 1.03 bits per heavy atom. The summed E-state index contributed by atoms with van der Waals surface area (Å²) in [6, 6.07) is 17.2. The number of amidine groups is 1. The summed E-state index contributed by atoms with van der Waals surface area (Å²) in [6.07, 6.45) is -0.461. The van der Waals surface area contributed by atoms with Crippen molar-refractivity contribution in [2.24, 2.45) is 12.0 Å². The Hall–Kier alpha value is -3.92. The van der Waals surface area contributed by atoms with Crippen LogP contribution < -0.4 is 10.5 Å². The minimum atomic E-state index is -1.16. The first-order chi connectivity index (χ1) is 15.8. The summed E-state index contributed by atoms with van der Waals surface area (Å²) in [5.74, 6) is -2.36. The van der Waals surface area contributed by atoms with Gasteiger partial charge in [0.2, 0.25) is 5.91 Å². The molecule has 168 valence electrons. The molecule has 33 heavy (non-hydrogen) atoms. The van der Waals surface area contributed by atoms with Gasteiger partial charge >= 0.3 is 5.97 Å². The summed E-state index contributed by atoms with van der Waals surface area (Å²) in [7, 11) is 1.68. The lowest BCUT2D eigenvalue weighted by Gasteiger charge is -2.14. The Morgan fingerprint density at radius 3 is 2.24 bits per heavy atom. The summed E-state index contributed by atoms with van der Waals surface area (Å²) in [5, 5.41) is 8.21. The van der Waals surface area contributed by atoms with E-state index >= 15 is 0 Å². The van der Waals surface area contributed by atoms with Crippen molar-refractivity contribution in [1.82, 2.24) is 9.36 Å². The number of aliphatic imine (C=N–C) groups is 1. The molecule has 1 aromatic heterocycles. The number of carboxylic acids is 1. The van der Waals surface area contributed by atoms with Crippen molar-refractivity contribution in [2.45, 2.75) is 18.6 Å². The number of para-hydroxylation sites is 1. The Labute approximate surface area is 192 Å². The van der Waals surface area contributed by atoms with Gasteiger partial charge in [-0.15, -0.1) is 0 Å². The van der Waals surface area contributed by atoms with Crippen molar-refractivity contribution >= 4 is 40.4 Å². The molecule has 10 heteroatoms. The molecule has 4 rings (SSSR count). The molecule has 0 bridgehead atoms. The summed E-state index contributed by atoms with van der Waals surface area (Å²) in [6.45, 7) is 1.68. The van der Waals surface area contributed by atoms with Gasteiger partial charge < -0.3 is 5.11 Å². The monoisotopic (exact) mass is 464 g/mol. The molecule has 1 aliphatic rings. The molecule has 0 unspecified atom stereocenters. The number of anilines is 1. The lowest BCUT2D eigenvalue weighted by Crippen LogP contribution is -2.37. The smallest absolute Gasteiger partial charge is 0.305 e. The standard InChI is InChI=1S/C23H20N4O5S/c1-14-19(22(32)27(25(14)2)16-11-7-4-8-12-16)26-21(31)17(13-18(28)29)33-23(26)24-20(30)15-9-5-3-6-10-15/h3-12,17H,13H2,1-2H3,(H,28,29)/t17-/m0/s1. The van der Waals surface area contributed by atoms with Crippen molar-refractivity contribution in [3.05, 3.63) is 82.3 Å². The van der Waals surface area contributed by atoms with E-state index in [-0.39, 0.29) is 10.9 Å². The molecule has 9 nitrogen and oxygen atoms in total. The number of carbonyl (C=O) groups excluding carboxylic acids is 2. The van der Waals surface area contributed by atoms with Crippen LogP contribution >= 0.6 is 11.8 Å². The third kappa shape index (κ3) is 4.12. The number of aliphatic carboxylic acids is 1. The summed E-state index contributed by atoms with van der Waals surface area (Å²) < 4.78 is 3.01. The molecule has 1 atom stereocenters. The van der Waals surface area contributed by atoms with E-state index in [0.29, 0.717) is 16.9 Å². The molecule has 1 saturated heterocycles. The van der Waals surface area contributed by atoms with Gasteiger partial charge in [0.05, 0.1) is 17.8 Å². The Balaban J connectivity index is 1.85. The van der Waals surface area contributed by atoms with Gasteiger partial charge in [0.1, 0.15) is 10.9 Å². The minimum absolute atomic E-state index is 0.0221. The molecule has 2 heterocycles. The largest absolute Gasteiger partial charge is 0.481 e. The van der Waals surface area contributed by atoms with Crippen molar-refractivity contribution in [3.8, 4) is 5.69 Å². The number of carbonyl (C=O) groups is 3. The van der Waals surface area contributed by atoms with Crippen LogP contribution in [-0.2, 0) is 16.6 Å². The van der Waals surface area contributed by atoms with E-state index in [1.807, 2.05) is 6.07 Å². The number of thioether (sulfide) groups is 1. The number of nitrogens with zero attached hydrogens (tertiary/aromatic N) is 4. The van der Waals surface area contributed by atoms with Gasteiger partial charge in [0.15, 0.2) is 5.17 Å². The van der Waals surface area contributed by atoms with E-state index in [1.165, 1.54) is 4.68 Å². The van der Waals surface area contributed by atoms with Crippen molar-refractivity contribution in [2.75, 3.05) is 4.90 Å². The normalized spacial score (nSPS) is 17.0. The van der Waals surface area contributed by atoms with Crippen LogP contribution in [0.15, 0.2) is 70.5 Å². The number of rotatable bonds is 5. The number of aromatic nitrogens is 2. The lowest BCUT2D eigenvalue weighted by atomic mass is 10.2. The fraction of sp³-hybridized carbons (Fsp3) is 0.174. The van der Waals surface area contributed by atoms with Crippen LogP contribution in [0.4, 0.5) is 5.69 Å². The maximum Gasteiger partial charge on any atom is 0.305 e. The van der Waals surface area contributed by atoms with Crippen LogP contribution in [0.1, 0.15) is 22.5 Å². The molecular weight excluding hydrogens is 444 g/mol. The Kier molecular flexibility index (Phi) is 6.01. The highest BCUT2D eigenvalue weighted by Crippen LogP contribution is 2.34. The van der Waals surface area contributed by atoms with Crippen LogP contribution in [0.5, 0.6) is 0 Å². The number of hydrogen-bond donors (Lipinski definition) is 1. The highest BCUT2D eigenvalue weighted by Gasteiger charge is 2.43. The van der Waals surface area contributed by atoms with Crippen LogP contribution in [0.3, 0.4) is 0 Å². The van der Waals surface area contributed by atoms with Crippen molar-refractivity contribution in [1.29, 1.82) is 0 Å². The molecule has 3 aromatic rings. The third-order valence-corrected chi connectivity index (χ3v) is 6.40. The van der Waals surface area contributed by atoms with E-state index in [1.54, 1.807) is 73.3 Å². The van der Waals surface area contributed by atoms with Gasteiger partial charge in [0, 0.05) is 12.6 Å². The van der Waals surface area contributed by atoms with Gasteiger partial charge in [-0.3, -0.25) is 28.8 Å². The summed E-state index contributed by atoms with van der Waals surface area (Å²) in [5.41, 5.74) is 0.928. The van der Waals surface area contributed by atoms with E-state index < -0.39 is 35.0 Å². The molecule has 0 aliphatic carbocycles. The van der Waals surface area contributed by atoms with Crippen LogP contribution in [0.25, 0.3) is 5.69 Å². The second-order valence-electron chi connectivity index (χ2n) is 7.35. The summed E-state index contributed by atoms with van der Waals surface area (Å²) in [4.78, 5) is 55.9. The zero-order valence-corrected chi connectivity index (χ0v) is 18.7. The van der Waals surface area contributed by atoms with E-state index in [9.17, 15) is 24.3 Å². The summed E-state index contributed by atoms with van der Waals surface area (Å²) >= 11 is 0.869. The molecule has 2 aromatic carbocycles. The van der Waals surface area contributed by atoms with Gasteiger partial charge in [-0.05, 0) is 31.2 Å². The quantitative estimate of drug-likeness (QED) is 0.621. The number of amides is 2. The topological polar surface area (TPSA) is 114 Å². The maximum atomic E-state index is 13.5.